The summed E-state index contributed by atoms with van der Waals surface area (Å²) in [5, 5.41) is 0.0258. The molecule has 8 heteroatoms. The Bertz CT molecular complexity index is 1070. The highest BCUT2D eigenvalue weighted by atomic mass is 35.5. The molecule has 1 fully saturated rings. The molecule has 146 valence electrons. The van der Waals surface area contributed by atoms with Gasteiger partial charge in [-0.2, -0.15) is 0 Å². The maximum atomic E-state index is 13.2. The van der Waals surface area contributed by atoms with Crippen molar-refractivity contribution in [3.63, 3.8) is 0 Å². The van der Waals surface area contributed by atoms with E-state index in [-0.39, 0.29) is 21.3 Å². The van der Waals surface area contributed by atoms with Crippen LogP contribution in [0, 0.1) is 0 Å². The van der Waals surface area contributed by atoms with Gasteiger partial charge in [0.2, 0.25) is 0 Å². The average molecular weight is 420 g/mol. The number of hydrogen-bond acceptors (Lipinski definition) is 5. The van der Waals surface area contributed by atoms with Crippen LogP contribution in [-0.4, -0.2) is 32.8 Å². The second-order valence-corrected chi connectivity index (χ2v) is 9.09. The van der Waals surface area contributed by atoms with Gasteiger partial charge in [-0.15, -0.1) is 0 Å². The molecule has 0 unspecified atom stereocenters. The van der Waals surface area contributed by atoms with Crippen LogP contribution in [0.25, 0.3) is 0 Å². The highest BCUT2D eigenvalue weighted by Crippen LogP contribution is 2.35. The molecule has 0 radical (unpaired) electrons. The minimum atomic E-state index is -3.95. The summed E-state index contributed by atoms with van der Waals surface area (Å²) in [6.45, 7) is 0.309. The maximum Gasteiger partial charge on any atom is 0.338 e. The summed E-state index contributed by atoms with van der Waals surface area (Å²) in [4.78, 5) is 24.0. The van der Waals surface area contributed by atoms with Crippen molar-refractivity contribution >= 4 is 39.1 Å². The molecule has 4 rings (SSSR count). The number of anilines is 1. The molecule has 1 aliphatic carbocycles. The van der Waals surface area contributed by atoms with E-state index >= 15 is 0 Å². The lowest BCUT2D eigenvalue weighted by Gasteiger charge is -2.20. The van der Waals surface area contributed by atoms with Crippen LogP contribution in [-0.2, 0) is 26.0 Å². The van der Waals surface area contributed by atoms with E-state index in [9.17, 15) is 18.0 Å². The first-order chi connectivity index (χ1) is 13.4. The van der Waals surface area contributed by atoms with Gasteiger partial charge in [0.15, 0.2) is 11.9 Å². The van der Waals surface area contributed by atoms with Gasteiger partial charge in [-0.05, 0) is 49.1 Å². The Balaban J connectivity index is 1.65. The van der Waals surface area contributed by atoms with Gasteiger partial charge in [-0.25, -0.2) is 13.2 Å². The van der Waals surface area contributed by atoms with Crippen molar-refractivity contribution in [3.8, 4) is 0 Å². The Morgan fingerprint density at radius 1 is 1.14 bits per heavy atom. The van der Waals surface area contributed by atoms with E-state index in [0.29, 0.717) is 37.9 Å². The number of benzene rings is 2. The Morgan fingerprint density at radius 3 is 2.68 bits per heavy atom. The van der Waals surface area contributed by atoms with Crippen molar-refractivity contribution < 1.29 is 22.7 Å². The third kappa shape index (κ3) is 3.29. The van der Waals surface area contributed by atoms with Gasteiger partial charge in [-0.3, -0.25) is 9.10 Å². The summed E-state index contributed by atoms with van der Waals surface area (Å²) in [6, 6.07) is 11.3. The minimum Gasteiger partial charge on any atom is -0.451 e. The lowest BCUT2D eigenvalue weighted by atomic mass is 10.2. The highest BCUT2D eigenvalue weighted by molar-refractivity contribution is 7.93. The van der Waals surface area contributed by atoms with E-state index < -0.39 is 22.1 Å². The first kappa shape index (κ1) is 19.0. The molecular formula is C20H18ClNO5S. The topological polar surface area (TPSA) is 80.8 Å². The molecule has 2 aromatic carbocycles. The number of rotatable bonds is 4. The van der Waals surface area contributed by atoms with E-state index in [4.69, 9.17) is 16.3 Å². The molecule has 0 saturated heterocycles. The third-order valence-corrected chi connectivity index (χ3v) is 7.37. The summed E-state index contributed by atoms with van der Waals surface area (Å²) in [6.07, 6.45) is 1.43. The number of fused-ring (bicyclic) bond motifs is 1. The van der Waals surface area contributed by atoms with Gasteiger partial charge in [0.05, 0.1) is 16.3 Å². The molecule has 0 amide bonds. The predicted octanol–water partition coefficient (Wildman–Crippen LogP) is 3.37. The van der Waals surface area contributed by atoms with Crippen LogP contribution in [0.15, 0.2) is 47.4 Å². The monoisotopic (exact) mass is 419 g/mol. The minimum absolute atomic E-state index is 0.0258. The average Bonchev–Trinajstić information content (AvgIpc) is 3.28. The molecule has 6 nitrogen and oxygen atoms in total. The number of sulfonamides is 1. The largest absolute Gasteiger partial charge is 0.451 e. The number of esters is 1. The van der Waals surface area contributed by atoms with Gasteiger partial charge in [0, 0.05) is 13.0 Å². The molecule has 1 heterocycles. The van der Waals surface area contributed by atoms with Gasteiger partial charge in [0.1, 0.15) is 4.90 Å². The Kier molecular flexibility index (Phi) is 4.89. The number of carbonyl (C=O) groups excluding carboxylic acids is 2. The number of ether oxygens (including phenoxy) is 1. The SMILES string of the molecule is O=C(O[C@@H]1CCCC1=O)c1ccc(Cl)c(S(=O)(=O)N2CCc3ccccc32)c1. The Labute approximate surface area is 168 Å². The fourth-order valence-electron chi connectivity index (χ4n) is 3.61. The number of halogens is 1. The molecular weight excluding hydrogens is 402 g/mol. The molecule has 0 N–H and O–H groups in total. The summed E-state index contributed by atoms with van der Waals surface area (Å²) >= 11 is 6.17. The number of carbonyl (C=O) groups is 2. The first-order valence-electron chi connectivity index (χ1n) is 9.02. The molecule has 0 bridgehead atoms. The molecule has 1 atom stereocenters. The van der Waals surface area contributed by atoms with Crippen molar-refractivity contribution in [1.29, 1.82) is 0 Å². The van der Waals surface area contributed by atoms with E-state index in [1.54, 1.807) is 12.1 Å². The van der Waals surface area contributed by atoms with Crippen molar-refractivity contribution in [2.24, 2.45) is 0 Å². The molecule has 2 aromatic rings. The third-order valence-electron chi connectivity index (χ3n) is 5.08. The van der Waals surface area contributed by atoms with Crippen molar-refractivity contribution in [3.05, 3.63) is 58.6 Å². The fourth-order valence-corrected chi connectivity index (χ4v) is 5.62. The van der Waals surface area contributed by atoms with E-state index in [1.807, 2.05) is 12.1 Å². The van der Waals surface area contributed by atoms with Crippen LogP contribution in [0.5, 0.6) is 0 Å². The first-order valence-corrected chi connectivity index (χ1v) is 10.8. The van der Waals surface area contributed by atoms with Crippen LogP contribution >= 0.6 is 11.6 Å². The lowest BCUT2D eigenvalue weighted by Crippen LogP contribution is -2.29. The molecule has 28 heavy (non-hydrogen) atoms. The molecule has 1 aliphatic heterocycles. The fraction of sp³-hybridized carbons (Fsp3) is 0.300. The maximum absolute atomic E-state index is 13.2. The van der Waals surface area contributed by atoms with Crippen LogP contribution in [0.1, 0.15) is 35.2 Å². The zero-order valence-corrected chi connectivity index (χ0v) is 16.5. The zero-order chi connectivity index (χ0) is 19.9. The zero-order valence-electron chi connectivity index (χ0n) is 14.9. The molecule has 0 aromatic heterocycles. The van der Waals surface area contributed by atoms with Crippen LogP contribution < -0.4 is 4.31 Å². The van der Waals surface area contributed by atoms with E-state index in [0.717, 1.165) is 5.56 Å². The summed E-state index contributed by atoms with van der Waals surface area (Å²) in [7, 11) is -3.95. The normalized spacial score (nSPS) is 19.0. The van der Waals surface area contributed by atoms with Crippen LogP contribution in [0.4, 0.5) is 5.69 Å². The quantitative estimate of drug-likeness (QED) is 0.710. The molecule has 1 saturated carbocycles. The Morgan fingerprint density at radius 2 is 1.93 bits per heavy atom. The predicted molar refractivity (Wildman–Crippen MR) is 104 cm³/mol. The van der Waals surface area contributed by atoms with Crippen LogP contribution in [0.2, 0.25) is 5.02 Å². The van der Waals surface area contributed by atoms with Crippen molar-refractivity contribution in [2.45, 2.75) is 36.7 Å². The summed E-state index contributed by atoms with van der Waals surface area (Å²) < 4.78 is 33.0. The number of nitrogens with zero attached hydrogens (tertiary/aromatic N) is 1. The smallest absolute Gasteiger partial charge is 0.338 e. The lowest BCUT2D eigenvalue weighted by molar-refractivity contribution is -0.124. The number of para-hydroxylation sites is 1. The highest BCUT2D eigenvalue weighted by Gasteiger charge is 2.33. The summed E-state index contributed by atoms with van der Waals surface area (Å²) in [5.41, 5.74) is 1.61. The molecule has 2 aliphatic rings. The number of hydrogen-bond donors (Lipinski definition) is 0. The second-order valence-electron chi connectivity index (χ2n) is 6.85. The van der Waals surface area contributed by atoms with Gasteiger partial charge >= 0.3 is 5.97 Å². The van der Waals surface area contributed by atoms with E-state index in [2.05, 4.69) is 0 Å². The van der Waals surface area contributed by atoms with Gasteiger partial charge in [0.25, 0.3) is 10.0 Å². The van der Waals surface area contributed by atoms with E-state index in [1.165, 1.54) is 22.5 Å². The standard InChI is InChI=1S/C20H18ClNO5S/c21-15-9-8-14(20(24)27-18-7-3-6-17(18)23)12-19(15)28(25,26)22-11-10-13-4-1-2-5-16(13)22/h1-2,4-5,8-9,12,18H,3,6-7,10-11H2/t18-/m1/s1. The van der Waals surface area contributed by atoms with Crippen molar-refractivity contribution in [2.75, 3.05) is 10.8 Å². The van der Waals surface area contributed by atoms with Gasteiger partial charge in [-0.1, -0.05) is 29.8 Å². The molecule has 0 spiro atoms. The Hall–Kier alpha value is -2.38. The van der Waals surface area contributed by atoms with Gasteiger partial charge < -0.3 is 4.74 Å². The number of Topliss-reactive ketones (excluding diaryl/α,β-unsaturated/α-hetero) is 1. The number of ketones is 1. The van der Waals surface area contributed by atoms with Crippen molar-refractivity contribution in [1.82, 2.24) is 0 Å². The van der Waals surface area contributed by atoms with Crippen LogP contribution in [0.3, 0.4) is 0 Å². The summed E-state index contributed by atoms with van der Waals surface area (Å²) in [5.74, 6) is -0.834. The second kappa shape index (κ2) is 7.22.